The molecule has 0 unspecified atom stereocenters. The van der Waals surface area contributed by atoms with Crippen molar-refractivity contribution in [3.05, 3.63) is 22.5 Å². The Bertz CT molecular complexity index is 434. The van der Waals surface area contributed by atoms with E-state index < -0.39 is 5.97 Å². The molecule has 2 heterocycles. The number of thioether (sulfide) groups is 1. The van der Waals surface area contributed by atoms with Gasteiger partial charge in [-0.15, -0.1) is 0 Å². The Morgan fingerprint density at radius 3 is 2.88 bits per heavy atom. The molecule has 0 bridgehead atoms. The Labute approximate surface area is 98.6 Å². The van der Waals surface area contributed by atoms with Crippen molar-refractivity contribution in [2.24, 2.45) is 0 Å². The molecule has 0 spiro atoms. The first-order valence-electron chi connectivity index (χ1n) is 5.77. The average molecular weight is 237 g/mol. The Kier molecular flexibility index (Phi) is 2.46. The third kappa shape index (κ3) is 1.56. The van der Waals surface area contributed by atoms with Gasteiger partial charge in [0.1, 0.15) is 0 Å². The molecule has 0 amide bonds. The lowest BCUT2D eigenvalue weighted by atomic mass is 9.81. The van der Waals surface area contributed by atoms with Gasteiger partial charge in [0.15, 0.2) is 0 Å². The second kappa shape index (κ2) is 3.84. The fourth-order valence-electron chi connectivity index (χ4n) is 2.61. The van der Waals surface area contributed by atoms with Crippen LogP contribution in [0.2, 0.25) is 0 Å². The molecular formula is C12H15NO2S. The van der Waals surface area contributed by atoms with Crippen molar-refractivity contribution in [3.63, 3.8) is 0 Å². The van der Waals surface area contributed by atoms with E-state index in [0.717, 1.165) is 17.1 Å². The summed E-state index contributed by atoms with van der Waals surface area (Å²) in [5, 5.41) is 8.99. The lowest BCUT2D eigenvalue weighted by Gasteiger charge is -2.26. The fraction of sp³-hybridized carbons (Fsp3) is 0.583. The second-order valence-corrected chi connectivity index (χ2v) is 5.65. The highest BCUT2D eigenvalue weighted by Crippen LogP contribution is 2.42. The summed E-state index contributed by atoms with van der Waals surface area (Å²) in [4.78, 5) is 14.4. The number of nitrogens with one attached hydrogen (secondary N) is 1. The zero-order valence-electron chi connectivity index (χ0n) is 9.08. The molecule has 1 aromatic heterocycles. The lowest BCUT2D eigenvalue weighted by Crippen LogP contribution is -2.13. The molecule has 2 aliphatic rings. The van der Waals surface area contributed by atoms with Gasteiger partial charge >= 0.3 is 5.97 Å². The number of carbonyl (C=O) groups is 1. The number of hydrogen-bond donors (Lipinski definition) is 2. The van der Waals surface area contributed by atoms with Crippen molar-refractivity contribution in [1.29, 1.82) is 0 Å². The maximum Gasteiger partial charge on any atom is 0.307 e. The summed E-state index contributed by atoms with van der Waals surface area (Å²) in [6, 6.07) is 0. The van der Waals surface area contributed by atoms with E-state index in [2.05, 4.69) is 4.98 Å². The summed E-state index contributed by atoms with van der Waals surface area (Å²) in [5.74, 6) is 1.90. The standard InChI is InChI=1S/C12H15NO2S/c14-11(15)4-8-9-5-16-6-10(9)13-12(8)7-2-1-3-7/h7,13H,1-6H2,(H,14,15). The van der Waals surface area contributed by atoms with Crippen molar-refractivity contribution >= 4 is 17.7 Å². The van der Waals surface area contributed by atoms with E-state index in [1.807, 2.05) is 11.8 Å². The van der Waals surface area contributed by atoms with Crippen LogP contribution in [0.4, 0.5) is 0 Å². The highest BCUT2D eigenvalue weighted by Gasteiger charge is 2.29. The van der Waals surface area contributed by atoms with Gasteiger partial charge < -0.3 is 10.1 Å². The van der Waals surface area contributed by atoms with Gasteiger partial charge in [0.25, 0.3) is 0 Å². The van der Waals surface area contributed by atoms with Gasteiger partial charge in [-0.3, -0.25) is 4.79 Å². The quantitative estimate of drug-likeness (QED) is 0.849. The molecule has 0 radical (unpaired) electrons. The van der Waals surface area contributed by atoms with Gasteiger partial charge in [0.2, 0.25) is 0 Å². The zero-order valence-corrected chi connectivity index (χ0v) is 9.90. The first-order chi connectivity index (χ1) is 7.75. The summed E-state index contributed by atoms with van der Waals surface area (Å²) in [7, 11) is 0. The minimum absolute atomic E-state index is 0.193. The van der Waals surface area contributed by atoms with Crippen LogP contribution >= 0.6 is 11.8 Å². The first-order valence-corrected chi connectivity index (χ1v) is 6.93. The number of rotatable bonds is 3. The Balaban J connectivity index is 1.99. The first kappa shape index (κ1) is 10.3. The molecule has 3 rings (SSSR count). The predicted molar refractivity (Wildman–Crippen MR) is 63.7 cm³/mol. The molecule has 0 saturated heterocycles. The van der Waals surface area contributed by atoms with Crippen LogP contribution in [0, 0.1) is 0 Å². The summed E-state index contributed by atoms with van der Waals surface area (Å²) >= 11 is 1.87. The molecule has 16 heavy (non-hydrogen) atoms. The van der Waals surface area contributed by atoms with E-state index >= 15 is 0 Å². The SMILES string of the molecule is O=C(O)Cc1c(C2CCC2)[nH]c2c1CSC2. The summed E-state index contributed by atoms with van der Waals surface area (Å²) in [5.41, 5.74) is 4.90. The number of carboxylic acids is 1. The van der Waals surface area contributed by atoms with Crippen molar-refractivity contribution in [2.45, 2.75) is 43.1 Å². The molecule has 4 heteroatoms. The van der Waals surface area contributed by atoms with E-state index in [0.29, 0.717) is 5.92 Å². The van der Waals surface area contributed by atoms with Crippen LogP contribution in [0.15, 0.2) is 0 Å². The molecule has 1 saturated carbocycles. The number of hydrogen-bond acceptors (Lipinski definition) is 2. The van der Waals surface area contributed by atoms with Crippen LogP contribution in [-0.4, -0.2) is 16.1 Å². The van der Waals surface area contributed by atoms with Crippen LogP contribution < -0.4 is 0 Å². The summed E-state index contributed by atoms with van der Waals surface area (Å²) in [6.07, 6.45) is 3.92. The molecular weight excluding hydrogens is 222 g/mol. The summed E-state index contributed by atoms with van der Waals surface area (Å²) in [6.45, 7) is 0. The third-order valence-electron chi connectivity index (χ3n) is 3.67. The normalized spacial score (nSPS) is 19.5. The highest BCUT2D eigenvalue weighted by atomic mass is 32.2. The van der Waals surface area contributed by atoms with Crippen LogP contribution in [0.1, 0.15) is 47.7 Å². The average Bonchev–Trinajstić information content (AvgIpc) is 2.66. The monoisotopic (exact) mass is 237 g/mol. The summed E-state index contributed by atoms with van der Waals surface area (Å²) < 4.78 is 0. The van der Waals surface area contributed by atoms with Gasteiger partial charge in [-0.1, -0.05) is 6.42 Å². The van der Waals surface area contributed by atoms with Crippen molar-refractivity contribution in [3.8, 4) is 0 Å². The molecule has 2 N–H and O–H groups in total. The van der Waals surface area contributed by atoms with E-state index in [-0.39, 0.29) is 6.42 Å². The Morgan fingerprint density at radius 1 is 1.44 bits per heavy atom. The number of aromatic nitrogens is 1. The smallest absolute Gasteiger partial charge is 0.307 e. The molecule has 0 atom stereocenters. The van der Waals surface area contributed by atoms with Crippen LogP contribution in [0.25, 0.3) is 0 Å². The van der Waals surface area contributed by atoms with E-state index in [4.69, 9.17) is 5.11 Å². The third-order valence-corrected chi connectivity index (χ3v) is 4.66. The Hall–Kier alpha value is -0.900. The van der Waals surface area contributed by atoms with E-state index in [1.165, 1.54) is 36.2 Å². The highest BCUT2D eigenvalue weighted by molar-refractivity contribution is 7.98. The van der Waals surface area contributed by atoms with Crippen molar-refractivity contribution in [1.82, 2.24) is 4.98 Å². The van der Waals surface area contributed by atoms with Crippen molar-refractivity contribution in [2.75, 3.05) is 0 Å². The molecule has 1 aliphatic carbocycles. The van der Waals surface area contributed by atoms with E-state index in [9.17, 15) is 4.79 Å². The number of aliphatic carboxylic acids is 1. The lowest BCUT2D eigenvalue weighted by molar-refractivity contribution is -0.136. The Morgan fingerprint density at radius 2 is 2.25 bits per heavy atom. The molecule has 0 aromatic carbocycles. The van der Waals surface area contributed by atoms with E-state index in [1.54, 1.807) is 0 Å². The van der Waals surface area contributed by atoms with Crippen molar-refractivity contribution < 1.29 is 9.90 Å². The maximum atomic E-state index is 10.9. The van der Waals surface area contributed by atoms with Gasteiger partial charge in [-0.25, -0.2) is 0 Å². The van der Waals surface area contributed by atoms with Gasteiger partial charge in [0, 0.05) is 22.9 Å². The molecule has 1 aliphatic heterocycles. The number of H-pyrrole nitrogens is 1. The molecule has 86 valence electrons. The fourth-order valence-corrected chi connectivity index (χ4v) is 3.71. The second-order valence-electron chi connectivity index (χ2n) is 4.67. The number of carboxylic acid groups (broad SMARTS) is 1. The topological polar surface area (TPSA) is 53.1 Å². The van der Waals surface area contributed by atoms with Crippen LogP contribution in [0.5, 0.6) is 0 Å². The van der Waals surface area contributed by atoms with Gasteiger partial charge in [-0.05, 0) is 29.9 Å². The zero-order chi connectivity index (χ0) is 11.1. The van der Waals surface area contributed by atoms with Crippen LogP contribution in [-0.2, 0) is 22.7 Å². The molecule has 1 fully saturated rings. The van der Waals surface area contributed by atoms with Gasteiger partial charge in [-0.2, -0.15) is 11.8 Å². The molecule has 1 aromatic rings. The van der Waals surface area contributed by atoms with Crippen LogP contribution in [0.3, 0.4) is 0 Å². The number of aromatic amines is 1. The minimum atomic E-state index is -0.709. The largest absolute Gasteiger partial charge is 0.481 e. The number of fused-ring (bicyclic) bond motifs is 1. The molecule has 3 nitrogen and oxygen atoms in total. The predicted octanol–water partition coefficient (Wildman–Crippen LogP) is 2.66. The maximum absolute atomic E-state index is 10.9. The van der Waals surface area contributed by atoms with Gasteiger partial charge in [0.05, 0.1) is 6.42 Å². The minimum Gasteiger partial charge on any atom is -0.481 e.